The number of benzene rings is 1. The van der Waals surface area contributed by atoms with Crippen LogP contribution in [0.3, 0.4) is 0 Å². The first kappa shape index (κ1) is 19.4. The number of anilines is 4. The van der Waals surface area contributed by atoms with E-state index >= 15 is 0 Å². The van der Waals surface area contributed by atoms with Crippen LogP contribution in [0, 0.1) is 11.3 Å². The first-order valence-corrected chi connectivity index (χ1v) is 9.45. The highest BCUT2D eigenvalue weighted by Gasteiger charge is 2.24. The van der Waals surface area contributed by atoms with Gasteiger partial charge in [0, 0.05) is 49.2 Å². The Labute approximate surface area is 164 Å². The molecule has 8 nitrogen and oxygen atoms in total. The molecule has 1 amide bonds. The number of nitrogens with two attached hydrogens (primary N) is 1. The van der Waals surface area contributed by atoms with Gasteiger partial charge in [0.1, 0.15) is 11.9 Å². The van der Waals surface area contributed by atoms with Gasteiger partial charge in [0.25, 0.3) is 0 Å². The molecule has 3 rings (SSSR count). The maximum Gasteiger partial charge on any atom is 0.229 e. The molecule has 0 unspecified atom stereocenters. The summed E-state index contributed by atoms with van der Waals surface area (Å²) in [5.74, 6) is 1.31. The van der Waals surface area contributed by atoms with Gasteiger partial charge in [-0.25, -0.2) is 4.98 Å². The molecule has 1 aliphatic heterocycles. The second-order valence-electron chi connectivity index (χ2n) is 6.96. The minimum absolute atomic E-state index is 0.0137. The number of aromatic nitrogens is 2. The fraction of sp³-hybridized carbons (Fsp3) is 0.400. The van der Waals surface area contributed by atoms with Crippen LogP contribution in [0.25, 0.3) is 0 Å². The Morgan fingerprint density at radius 3 is 2.93 bits per heavy atom. The van der Waals surface area contributed by atoms with Gasteiger partial charge in [-0.2, -0.15) is 10.2 Å². The Balaban J connectivity index is 1.84. The van der Waals surface area contributed by atoms with Crippen molar-refractivity contribution in [3.63, 3.8) is 0 Å². The zero-order chi connectivity index (χ0) is 20.1. The Bertz CT molecular complexity index is 906. The van der Waals surface area contributed by atoms with Crippen LogP contribution in [0.15, 0.2) is 24.3 Å². The molecule has 146 valence electrons. The highest BCUT2D eigenvalue weighted by Crippen LogP contribution is 2.24. The number of nitriles is 1. The number of rotatable bonds is 6. The number of nitrogens with one attached hydrogen (secondary N) is 2. The highest BCUT2D eigenvalue weighted by molar-refractivity contribution is 5.73. The third kappa shape index (κ3) is 4.68. The van der Waals surface area contributed by atoms with Crippen LogP contribution in [0.5, 0.6) is 0 Å². The van der Waals surface area contributed by atoms with Crippen molar-refractivity contribution in [3.05, 3.63) is 35.5 Å². The van der Waals surface area contributed by atoms with Crippen molar-refractivity contribution < 1.29 is 4.79 Å². The maximum absolute atomic E-state index is 11.3. The standard InChI is InChI=1S/C20H25N7O/c1-3-4-15-10-19(27-8-7-17(12-27)23-13(2)28)26-20(24-15)25-16-5-6-18(22)14(9-16)11-21/h5-6,9-10,17H,3-4,7-8,12,22H2,1-2H3,(H,23,28)(H,24,25,26)/t17-/m0/s1. The van der Waals surface area contributed by atoms with E-state index in [0.29, 0.717) is 22.9 Å². The molecule has 1 aromatic carbocycles. The van der Waals surface area contributed by atoms with E-state index in [1.165, 1.54) is 6.92 Å². The molecular formula is C20H25N7O. The van der Waals surface area contributed by atoms with E-state index in [2.05, 4.69) is 38.5 Å². The molecular weight excluding hydrogens is 354 g/mol. The van der Waals surface area contributed by atoms with E-state index in [9.17, 15) is 10.1 Å². The first-order valence-electron chi connectivity index (χ1n) is 9.45. The molecule has 1 saturated heterocycles. The lowest BCUT2D eigenvalue weighted by Gasteiger charge is -2.19. The SMILES string of the molecule is CCCc1cc(N2CC[C@H](NC(C)=O)C2)nc(Nc2ccc(N)c(C#N)c2)n1. The molecule has 2 heterocycles. The van der Waals surface area contributed by atoms with Gasteiger partial charge >= 0.3 is 0 Å². The van der Waals surface area contributed by atoms with Crippen molar-refractivity contribution in [3.8, 4) is 6.07 Å². The van der Waals surface area contributed by atoms with Crippen molar-refractivity contribution in [2.45, 2.75) is 39.2 Å². The largest absolute Gasteiger partial charge is 0.398 e. The quantitative estimate of drug-likeness (QED) is 0.659. The maximum atomic E-state index is 11.3. The van der Waals surface area contributed by atoms with E-state index in [-0.39, 0.29) is 11.9 Å². The summed E-state index contributed by atoms with van der Waals surface area (Å²) in [6.45, 7) is 5.20. The van der Waals surface area contributed by atoms with Crippen LogP contribution >= 0.6 is 0 Å². The molecule has 8 heteroatoms. The number of carbonyl (C=O) groups excluding carboxylic acids is 1. The number of amides is 1. The lowest BCUT2D eigenvalue weighted by atomic mass is 10.2. The van der Waals surface area contributed by atoms with Crippen molar-refractivity contribution >= 4 is 29.0 Å². The third-order valence-electron chi connectivity index (χ3n) is 4.62. The average molecular weight is 379 g/mol. The van der Waals surface area contributed by atoms with Gasteiger partial charge in [-0.1, -0.05) is 13.3 Å². The van der Waals surface area contributed by atoms with Gasteiger partial charge in [-0.05, 0) is 31.0 Å². The normalized spacial score (nSPS) is 15.9. The number of nitrogen functional groups attached to an aromatic ring is 1. The Kier molecular flexibility index (Phi) is 5.94. The van der Waals surface area contributed by atoms with Crippen molar-refractivity contribution in [1.29, 1.82) is 5.26 Å². The Morgan fingerprint density at radius 2 is 2.21 bits per heavy atom. The Hall–Kier alpha value is -3.34. The zero-order valence-electron chi connectivity index (χ0n) is 16.2. The topological polar surface area (TPSA) is 120 Å². The third-order valence-corrected chi connectivity index (χ3v) is 4.62. The summed E-state index contributed by atoms with van der Waals surface area (Å²) in [7, 11) is 0. The van der Waals surface area contributed by atoms with Crippen LogP contribution in [0.4, 0.5) is 23.1 Å². The van der Waals surface area contributed by atoms with E-state index < -0.39 is 0 Å². The summed E-state index contributed by atoms with van der Waals surface area (Å²) < 4.78 is 0. The second kappa shape index (κ2) is 8.57. The van der Waals surface area contributed by atoms with Gasteiger partial charge in [0.2, 0.25) is 11.9 Å². The molecule has 2 aromatic rings. The molecule has 1 aliphatic rings. The number of nitrogens with zero attached hydrogens (tertiary/aromatic N) is 4. The number of hydrogen-bond donors (Lipinski definition) is 3. The van der Waals surface area contributed by atoms with E-state index in [4.69, 9.17) is 5.73 Å². The van der Waals surface area contributed by atoms with Gasteiger partial charge in [-0.15, -0.1) is 0 Å². The van der Waals surface area contributed by atoms with Crippen LogP contribution in [0.2, 0.25) is 0 Å². The average Bonchev–Trinajstić information content (AvgIpc) is 3.11. The monoisotopic (exact) mass is 379 g/mol. The molecule has 1 fully saturated rings. The number of carbonyl (C=O) groups is 1. The molecule has 4 N–H and O–H groups in total. The van der Waals surface area contributed by atoms with Crippen LogP contribution in [-0.2, 0) is 11.2 Å². The minimum Gasteiger partial charge on any atom is -0.398 e. The fourth-order valence-electron chi connectivity index (χ4n) is 3.32. The lowest BCUT2D eigenvalue weighted by Crippen LogP contribution is -2.35. The molecule has 0 aliphatic carbocycles. The van der Waals surface area contributed by atoms with Crippen LogP contribution in [0.1, 0.15) is 37.9 Å². The molecule has 1 atom stereocenters. The smallest absolute Gasteiger partial charge is 0.229 e. The van der Waals surface area contributed by atoms with Crippen molar-refractivity contribution in [2.24, 2.45) is 0 Å². The first-order chi connectivity index (χ1) is 13.5. The molecule has 1 aromatic heterocycles. The summed E-state index contributed by atoms with van der Waals surface area (Å²) in [6.07, 6.45) is 2.71. The second-order valence-corrected chi connectivity index (χ2v) is 6.96. The number of aryl methyl sites for hydroxylation is 1. The zero-order valence-corrected chi connectivity index (χ0v) is 16.2. The Morgan fingerprint density at radius 1 is 1.39 bits per heavy atom. The highest BCUT2D eigenvalue weighted by atomic mass is 16.1. The van der Waals surface area contributed by atoms with Crippen molar-refractivity contribution in [2.75, 3.05) is 29.0 Å². The summed E-state index contributed by atoms with van der Waals surface area (Å²) in [6, 6.07) is 9.40. The fourth-order valence-corrected chi connectivity index (χ4v) is 3.32. The van der Waals surface area contributed by atoms with Crippen LogP contribution < -0.4 is 21.3 Å². The predicted molar refractivity (Wildman–Crippen MR) is 109 cm³/mol. The van der Waals surface area contributed by atoms with E-state index in [1.54, 1.807) is 18.2 Å². The van der Waals surface area contributed by atoms with Gasteiger partial charge in [-0.3, -0.25) is 4.79 Å². The van der Waals surface area contributed by atoms with Gasteiger partial charge in [0.05, 0.1) is 5.56 Å². The predicted octanol–water partition coefficient (Wildman–Crippen LogP) is 2.34. The number of hydrogen-bond acceptors (Lipinski definition) is 7. The van der Waals surface area contributed by atoms with Gasteiger partial charge < -0.3 is 21.3 Å². The summed E-state index contributed by atoms with van der Waals surface area (Å²) in [5, 5.41) is 15.3. The van der Waals surface area contributed by atoms with Crippen LogP contribution in [-0.4, -0.2) is 35.0 Å². The minimum atomic E-state index is -0.0137. The lowest BCUT2D eigenvalue weighted by molar-refractivity contribution is -0.119. The van der Waals surface area contributed by atoms with E-state index in [0.717, 1.165) is 43.9 Å². The molecule has 0 bridgehead atoms. The molecule has 0 saturated carbocycles. The van der Waals surface area contributed by atoms with E-state index in [1.807, 2.05) is 6.07 Å². The summed E-state index contributed by atoms with van der Waals surface area (Å²) >= 11 is 0. The molecule has 0 radical (unpaired) electrons. The summed E-state index contributed by atoms with van der Waals surface area (Å²) in [5.41, 5.74) is 8.31. The van der Waals surface area contributed by atoms with Gasteiger partial charge in [0.15, 0.2) is 0 Å². The molecule has 28 heavy (non-hydrogen) atoms. The summed E-state index contributed by atoms with van der Waals surface area (Å²) in [4.78, 5) is 22.7. The molecule has 0 spiro atoms. The van der Waals surface area contributed by atoms with Crippen molar-refractivity contribution in [1.82, 2.24) is 15.3 Å².